The zero-order chi connectivity index (χ0) is 22.5. The molecule has 3 rings (SSSR count). The molecular weight excluding hydrogens is 438 g/mol. The minimum atomic E-state index is -5.43. The zero-order valence-electron chi connectivity index (χ0n) is 15.1. The maximum Gasteiger partial charge on any atom is 0.437 e. The van der Waals surface area contributed by atoms with E-state index in [1.165, 1.54) is 17.5 Å². The molecule has 2 aromatic rings. The van der Waals surface area contributed by atoms with Crippen LogP contribution in [0.15, 0.2) is 41.8 Å². The Hall–Kier alpha value is -2.60. The Kier molecular flexibility index (Phi) is 5.35. The van der Waals surface area contributed by atoms with Gasteiger partial charge >= 0.3 is 18.4 Å². The van der Waals surface area contributed by atoms with Crippen LogP contribution in [0.1, 0.15) is 26.8 Å². The number of alkyl halides is 6. The van der Waals surface area contributed by atoms with Gasteiger partial charge in [-0.15, -0.1) is 11.3 Å². The van der Waals surface area contributed by atoms with Gasteiger partial charge in [0, 0.05) is 7.05 Å². The fourth-order valence-corrected chi connectivity index (χ4v) is 4.04. The molecule has 0 bridgehead atoms. The molecule has 0 unspecified atom stereocenters. The van der Waals surface area contributed by atoms with E-state index in [2.05, 4.69) is 5.32 Å². The van der Waals surface area contributed by atoms with E-state index >= 15 is 0 Å². The quantitative estimate of drug-likeness (QED) is 0.542. The van der Waals surface area contributed by atoms with Crippen LogP contribution in [-0.4, -0.2) is 40.8 Å². The smallest absolute Gasteiger partial charge is 0.363 e. The van der Waals surface area contributed by atoms with Gasteiger partial charge in [-0.25, -0.2) is 4.79 Å². The summed E-state index contributed by atoms with van der Waals surface area (Å²) in [6, 6.07) is 2.59. The summed E-state index contributed by atoms with van der Waals surface area (Å²) in [6.45, 7) is 0. The van der Waals surface area contributed by atoms with Gasteiger partial charge in [-0.05, 0) is 29.1 Å². The normalized spacial score (nSPS) is 25.2. The molecule has 0 radical (unpaired) electrons. The Balaban J connectivity index is 2.16. The van der Waals surface area contributed by atoms with E-state index < -0.39 is 47.4 Å². The fourth-order valence-electron chi connectivity index (χ4n) is 3.34. The van der Waals surface area contributed by atoms with E-state index in [0.717, 1.165) is 23.5 Å². The molecule has 3 atom stereocenters. The van der Waals surface area contributed by atoms with Crippen LogP contribution in [0.25, 0.3) is 0 Å². The number of rotatable bonds is 3. The van der Waals surface area contributed by atoms with Crippen molar-refractivity contribution in [3.63, 3.8) is 0 Å². The molecule has 0 saturated carbocycles. The van der Waals surface area contributed by atoms with Crippen molar-refractivity contribution >= 4 is 23.2 Å². The first-order valence-electron chi connectivity index (χ1n) is 8.36. The Morgan fingerprint density at radius 2 is 1.73 bits per heavy atom. The number of hydrogen-bond donors (Lipinski definition) is 2. The number of Topliss-reactive ketones (excluding diaryl/α,β-unsaturated/α-hetero) is 1. The minimum Gasteiger partial charge on any atom is -0.363 e. The molecule has 0 aliphatic carbocycles. The van der Waals surface area contributed by atoms with Crippen LogP contribution in [-0.2, 0) is 6.18 Å². The third-order valence-electron chi connectivity index (χ3n) is 4.92. The maximum atomic E-state index is 13.9. The topological polar surface area (TPSA) is 69.6 Å². The van der Waals surface area contributed by atoms with Gasteiger partial charge in [0.2, 0.25) is 0 Å². The van der Waals surface area contributed by atoms with Crippen LogP contribution < -0.4 is 5.32 Å². The van der Waals surface area contributed by atoms with E-state index in [9.17, 15) is 41.0 Å². The molecule has 162 valence electrons. The summed E-state index contributed by atoms with van der Waals surface area (Å²) in [5.74, 6) is -3.38. The van der Waals surface area contributed by atoms with Gasteiger partial charge in [-0.1, -0.05) is 18.2 Å². The molecule has 2 heterocycles. The molecule has 30 heavy (non-hydrogen) atoms. The number of nitrogens with zero attached hydrogens (tertiary/aromatic N) is 1. The monoisotopic (exact) mass is 452 g/mol. The van der Waals surface area contributed by atoms with Gasteiger partial charge in [-0.3, -0.25) is 9.69 Å². The van der Waals surface area contributed by atoms with Crippen molar-refractivity contribution in [2.45, 2.75) is 24.1 Å². The lowest BCUT2D eigenvalue weighted by atomic mass is 9.77. The number of hydrogen-bond acceptors (Lipinski definition) is 4. The van der Waals surface area contributed by atoms with Gasteiger partial charge in [0.15, 0.2) is 5.78 Å². The first kappa shape index (κ1) is 22.1. The molecule has 12 heteroatoms. The van der Waals surface area contributed by atoms with Crippen LogP contribution in [0.2, 0.25) is 0 Å². The number of nitrogens with one attached hydrogen (secondary N) is 1. The molecule has 2 N–H and O–H groups in total. The Labute approximate surface area is 169 Å². The summed E-state index contributed by atoms with van der Waals surface area (Å²) in [5.41, 5.74) is -5.14. The Morgan fingerprint density at radius 3 is 2.20 bits per heavy atom. The van der Waals surface area contributed by atoms with Crippen molar-refractivity contribution in [2.75, 3.05) is 7.05 Å². The molecule has 1 aliphatic heterocycles. The van der Waals surface area contributed by atoms with Crippen molar-refractivity contribution < 1.29 is 41.0 Å². The lowest BCUT2D eigenvalue weighted by Crippen LogP contribution is -2.72. The standard InChI is InChI=1S/C18H14F6N2O3S/c1-26-15(28)25-13(9-4-6-10(7-5-9)17(19,20)21)12(16(26,29)18(22,23)24)14(27)11-3-2-8-30-11/h2-8,12-13,29H,1H3,(H,25,28)/t12-,13+,16+/m0/s1. The number of thiophene rings is 1. The molecule has 1 aliphatic rings. The molecule has 5 nitrogen and oxygen atoms in total. The van der Waals surface area contributed by atoms with Crippen LogP contribution in [0.3, 0.4) is 0 Å². The highest BCUT2D eigenvalue weighted by molar-refractivity contribution is 7.12. The lowest BCUT2D eigenvalue weighted by Gasteiger charge is -2.49. The van der Waals surface area contributed by atoms with Crippen LogP contribution in [0.5, 0.6) is 0 Å². The highest BCUT2D eigenvalue weighted by Crippen LogP contribution is 2.48. The van der Waals surface area contributed by atoms with Crippen molar-refractivity contribution in [1.29, 1.82) is 0 Å². The van der Waals surface area contributed by atoms with Gasteiger partial charge < -0.3 is 10.4 Å². The largest absolute Gasteiger partial charge is 0.437 e. The number of ketones is 1. The zero-order valence-corrected chi connectivity index (χ0v) is 15.9. The van der Waals surface area contributed by atoms with E-state index in [0.29, 0.717) is 19.2 Å². The Morgan fingerprint density at radius 1 is 1.13 bits per heavy atom. The summed E-state index contributed by atoms with van der Waals surface area (Å²) in [5, 5.41) is 14.3. The van der Waals surface area contributed by atoms with Gasteiger partial charge in [0.1, 0.15) is 5.92 Å². The number of urea groups is 1. The summed E-state index contributed by atoms with van der Waals surface area (Å²) in [6.07, 6.45) is -10.1. The van der Waals surface area contributed by atoms with Gasteiger partial charge in [-0.2, -0.15) is 26.3 Å². The number of carbonyl (C=O) groups excluding carboxylic acids is 2. The summed E-state index contributed by atoms with van der Waals surface area (Å²) in [7, 11) is 0.681. The maximum absolute atomic E-state index is 13.9. The summed E-state index contributed by atoms with van der Waals surface area (Å²) in [4.78, 5) is 25.0. The van der Waals surface area contributed by atoms with E-state index in [4.69, 9.17) is 0 Å². The third-order valence-corrected chi connectivity index (χ3v) is 5.81. The lowest BCUT2D eigenvalue weighted by molar-refractivity contribution is -0.322. The Bertz CT molecular complexity index is 942. The highest BCUT2D eigenvalue weighted by Gasteiger charge is 2.69. The van der Waals surface area contributed by atoms with Crippen molar-refractivity contribution in [1.82, 2.24) is 10.2 Å². The molecule has 1 aromatic heterocycles. The second-order valence-electron chi connectivity index (χ2n) is 6.65. The summed E-state index contributed by atoms with van der Waals surface area (Å²) < 4.78 is 80.3. The average molecular weight is 452 g/mol. The predicted octanol–water partition coefficient (Wildman–Crippen LogP) is 4.21. The third kappa shape index (κ3) is 3.54. The molecule has 2 amide bonds. The number of halogens is 6. The van der Waals surface area contributed by atoms with E-state index in [-0.39, 0.29) is 15.3 Å². The van der Waals surface area contributed by atoms with Crippen molar-refractivity contribution in [3.8, 4) is 0 Å². The molecular formula is C18H14F6N2O3S. The average Bonchev–Trinajstić information content (AvgIpc) is 3.18. The summed E-state index contributed by atoms with van der Waals surface area (Å²) >= 11 is 0.833. The van der Waals surface area contributed by atoms with Gasteiger partial charge in [0.05, 0.1) is 16.5 Å². The van der Waals surface area contributed by atoms with Gasteiger partial charge in [0.25, 0.3) is 5.72 Å². The van der Waals surface area contributed by atoms with Crippen LogP contribution >= 0.6 is 11.3 Å². The van der Waals surface area contributed by atoms with Crippen LogP contribution in [0, 0.1) is 5.92 Å². The highest BCUT2D eigenvalue weighted by atomic mass is 32.1. The number of aliphatic hydroxyl groups is 1. The predicted molar refractivity (Wildman–Crippen MR) is 93.6 cm³/mol. The molecule has 0 spiro atoms. The van der Waals surface area contributed by atoms with E-state index in [1.54, 1.807) is 0 Å². The van der Waals surface area contributed by atoms with Crippen molar-refractivity contribution in [2.24, 2.45) is 5.92 Å². The fraction of sp³-hybridized carbons (Fsp3) is 0.333. The number of amides is 2. The molecule has 1 aromatic carbocycles. The number of carbonyl (C=O) groups is 2. The van der Waals surface area contributed by atoms with E-state index in [1.807, 2.05) is 0 Å². The second-order valence-corrected chi connectivity index (χ2v) is 7.60. The van der Waals surface area contributed by atoms with Crippen molar-refractivity contribution in [3.05, 3.63) is 57.8 Å². The second kappa shape index (κ2) is 7.27. The SMILES string of the molecule is CN1C(=O)N[C@H](c2ccc(C(F)(F)F)cc2)[C@@H](C(=O)c2cccs2)[C@@]1(O)C(F)(F)F. The van der Waals surface area contributed by atoms with Crippen LogP contribution in [0.4, 0.5) is 31.1 Å². The number of benzene rings is 1. The molecule has 1 saturated heterocycles. The first-order valence-corrected chi connectivity index (χ1v) is 9.24. The minimum absolute atomic E-state index is 0.0241. The molecule has 1 fully saturated rings. The first-order chi connectivity index (χ1) is 13.8.